The third-order valence-corrected chi connectivity index (χ3v) is 3.04. The number of hydrogen-bond acceptors (Lipinski definition) is 3. The molecule has 0 amide bonds. The second-order valence-corrected chi connectivity index (χ2v) is 4.76. The smallest absolute Gasteiger partial charge is 0.0617 e. The average molecular weight is 255 g/mol. The van der Waals surface area contributed by atoms with Crippen LogP contribution in [-0.2, 0) is 6.54 Å². The lowest BCUT2D eigenvalue weighted by molar-refractivity contribution is 0.884. The van der Waals surface area contributed by atoms with Crippen molar-refractivity contribution in [3.63, 3.8) is 0 Å². The van der Waals surface area contributed by atoms with E-state index in [1.165, 1.54) is 11.3 Å². The molecule has 0 aliphatic heterocycles. The van der Waals surface area contributed by atoms with Gasteiger partial charge in [-0.1, -0.05) is 12.1 Å². The van der Waals surface area contributed by atoms with Crippen molar-refractivity contribution >= 4 is 11.4 Å². The zero-order valence-electron chi connectivity index (χ0n) is 11.9. The number of anilines is 2. The van der Waals surface area contributed by atoms with Gasteiger partial charge in [0.2, 0.25) is 0 Å². The number of aromatic nitrogens is 1. The summed E-state index contributed by atoms with van der Waals surface area (Å²) < 4.78 is 0. The molecule has 3 heteroatoms. The molecule has 100 valence electrons. The van der Waals surface area contributed by atoms with Crippen LogP contribution in [0.25, 0.3) is 0 Å². The van der Waals surface area contributed by atoms with Crippen LogP contribution in [0.2, 0.25) is 0 Å². The molecule has 1 N–H and O–H groups in total. The van der Waals surface area contributed by atoms with Crippen molar-refractivity contribution in [2.45, 2.75) is 20.4 Å². The van der Waals surface area contributed by atoms with Crippen LogP contribution in [0, 0.1) is 6.92 Å². The lowest BCUT2D eigenvalue weighted by Gasteiger charge is -2.19. The highest BCUT2D eigenvalue weighted by Crippen LogP contribution is 2.17. The summed E-state index contributed by atoms with van der Waals surface area (Å²) in [6.45, 7) is 5.94. The summed E-state index contributed by atoms with van der Waals surface area (Å²) in [6, 6.07) is 12.6. The summed E-state index contributed by atoms with van der Waals surface area (Å²) >= 11 is 0. The first kappa shape index (κ1) is 13.4. The molecule has 0 atom stereocenters. The highest BCUT2D eigenvalue weighted by molar-refractivity contribution is 5.49. The number of nitrogens with zero attached hydrogens (tertiary/aromatic N) is 2. The van der Waals surface area contributed by atoms with Gasteiger partial charge in [-0.3, -0.25) is 4.98 Å². The summed E-state index contributed by atoms with van der Waals surface area (Å²) in [7, 11) is 2.09. The van der Waals surface area contributed by atoms with E-state index in [4.69, 9.17) is 0 Å². The van der Waals surface area contributed by atoms with Crippen LogP contribution in [0.4, 0.5) is 11.4 Å². The van der Waals surface area contributed by atoms with Crippen LogP contribution in [0.3, 0.4) is 0 Å². The van der Waals surface area contributed by atoms with E-state index in [1.54, 1.807) is 0 Å². The van der Waals surface area contributed by atoms with E-state index in [9.17, 15) is 0 Å². The van der Waals surface area contributed by atoms with Crippen LogP contribution >= 0.6 is 0 Å². The lowest BCUT2D eigenvalue weighted by Crippen LogP contribution is -2.17. The van der Waals surface area contributed by atoms with E-state index < -0.39 is 0 Å². The van der Waals surface area contributed by atoms with Gasteiger partial charge in [-0.25, -0.2) is 0 Å². The fraction of sp³-hybridized carbons (Fsp3) is 0.312. The van der Waals surface area contributed by atoms with Crippen LogP contribution in [0.1, 0.15) is 18.2 Å². The maximum atomic E-state index is 4.43. The van der Waals surface area contributed by atoms with Crippen LogP contribution in [-0.4, -0.2) is 18.6 Å². The average Bonchev–Trinajstić information content (AvgIpc) is 2.39. The Hall–Kier alpha value is -2.03. The first-order chi connectivity index (χ1) is 9.19. The summed E-state index contributed by atoms with van der Waals surface area (Å²) in [5, 5.41) is 3.31. The van der Waals surface area contributed by atoms with Crippen molar-refractivity contribution in [1.29, 1.82) is 0 Å². The molecule has 3 nitrogen and oxygen atoms in total. The molecule has 1 heterocycles. The first-order valence-electron chi connectivity index (χ1n) is 6.65. The molecule has 0 saturated heterocycles. The molecule has 0 aliphatic rings. The number of nitrogens with one attached hydrogen (secondary N) is 1. The molecular formula is C16H21N3. The Labute approximate surface area is 115 Å². The zero-order chi connectivity index (χ0) is 13.7. The molecular weight excluding hydrogens is 234 g/mol. The molecule has 0 spiro atoms. The van der Waals surface area contributed by atoms with Gasteiger partial charge in [0, 0.05) is 31.2 Å². The lowest BCUT2D eigenvalue weighted by atomic mass is 10.2. The van der Waals surface area contributed by atoms with Crippen molar-refractivity contribution in [2.75, 3.05) is 23.8 Å². The van der Waals surface area contributed by atoms with Crippen LogP contribution in [0.15, 0.2) is 42.6 Å². The van der Waals surface area contributed by atoms with Crippen molar-refractivity contribution in [3.05, 3.63) is 53.9 Å². The number of pyridine rings is 1. The van der Waals surface area contributed by atoms with Gasteiger partial charge < -0.3 is 10.2 Å². The summed E-state index contributed by atoms with van der Waals surface area (Å²) in [6.07, 6.45) is 1.86. The van der Waals surface area contributed by atoms with E-state index in [0.29, 0.717) is 0 Å². The minimum Gasteiger partial charge on any atom is -0.385 e. The van der Waals surface area contributed by atoms with E-state index >= 15 is 0 Å². The Morgan fingerprint density at radius 1 is 1.21 bits per heavy atom. The molecule has 0 bridgehead atoms. The molecule has 2 aromatic rings. The predicted octanol–water partition coefficient (Wildman–Crippen LogP) is 3.46. The second-order valence-electron chi connectivity index (χ2n) is 4.76. The van der Waals surface area contributed by atoms with Gasteiger partial charge >= 0.3 is 0 Å². The molecule has 0 fully saturated rings. The molecule has 0 unspecified atom stereocenters. The maximum absolute atomic E-state index is 4.43. The molecule has 1 aromatic heterocycles. The third-order valence-electron chi connectivity index (χ3n) is 3.04. The maximum Gasteiger partial charge on any atom is 0.0617 e. The molecule has 0 aliphatic carbocycles. The highest BCUT2D eigenvalue weighted by atomic mass is 15.1. The standard InChI is InChI=1S/C16H21N3/c1-4-17-14-8-9-18-15(11-14)12-19(3)16-7-5-6-13(2)10-16/h5-11H,4,12H2,1-3H3,(H,17,18). The fourth-order valence-electron chi connectivity index (χ4n) is 2.08. The molecule has 2 rings (SSSR count). The molecule has 0 radical (unpaired) electrons. The molecule has 1 aromatic carbocycles. The Morgan fingerprint density at radius 2 is 2.05 bits per heavy atom. The Kier molecular flexibility index (Phi) is 4.39. The van der Waals surface area contributed by atoms with Crippen LogP contribution < -0.4 is 10.2 Å². The minimum atomic E-state index is 0.808. The van der Waals surface area contributed by atoms with Gasteiger partial charge in [-0.05, 0) is 43.7 Å². The third kappa shape index (κ3) is 3.71. The van der Waals surface area contributed by atoms with E-state index in [0.717, 1.165) is 24.5 Å². The largest absolute Gasteiger partial charge is 0.385 e. The van der Waals surface area contributed by atoms with Crippen LogP contribution in [0.5, 0.6) is 0 Å². The quantitative estimate of drug-likeness (QED) is 0.887. The van der Waals surface area contributed by atoms with Gasteiger partial charge in [0.25, 0.3) is 0 Å². The fourth-order valence-corrected chi connectivity index (χ4v) is 2.08. The highest BCUT2D eigenvalue weighted by Gasteiger charge is 2.04. The summed E-state index contributed by atoms with van der Waals surface area (Å²) in [5.74, 6) is 0. The molecule has 19 heavy (non-hydrogen) atoms. The van der Waals surface area contributed by atoms with Crippen molar-refractivity contribution in [1.82, 2.24) is 4.98 Å². The summed E-state index contributed by atoms with van der Waals surface area (Å²) in [4.78, 5) is 6.64. The number of hydrogen-bond donors (Lipinski definition) is 1. The SMILES string of the molecule is CCNc1ccnc(CN(C)c2cccc(C)c2)c1. The Balaban J connectivity index is 2.10. The van der Waals surface area contributed by atoms with Gasteiger partial charge in [0.1, 0.15) is 0 Å². The Morgan fingerprint density at radius 3 is 2.79 bits per heavy atom. The Bertz CT molecular complexity index is 537. The molecule has 0 saturated carbocycles. The van der Waals surface area contributed by atoms with Crippen molar-refractivity contribution < 1.29 is 0 Å². The van der Waals surface area contributed by atoms with Gasteiger partial charge in [-0.2, -0.15) is 0 Å². The monoisotopic (exact) mass is 255 g/mol. The first-order valence-corrected chi connectivity index (χ1v) is 6.65. The number of aryl methyl sites for hydroxylation is 1. The predicted molar refractivity (Wildman–Crippen MR) is 81.7 cm³/mol. The summed E-state index contributed by atoms with van der Waals surface area (Å²) in [5.41, 5.74) is 4.70. The number of rotatable bonds is 5. The normalized spacial score (nSPS) is 10.3. The van der Waals surface area contributed by atoms with Gasteiger partial charge in [-0.15, -0.1) is 0 Å². The van der Waals surface area contributed by atoms with E-state index in [-0.39, 0.29) is 0 Å². The van der Waals surface area contributed by atoms with Gasteiger partial charge in [0.15, 0.2) is 0 Å². The second kappa shape index (κ2) is 6.23. The minimum absolute atomic E-state index is 0.808. The number of benzene rings is 1. The topological polar surface area (TPSA) is 28.2 Å². The zero-order valence-corrected chi connectivity index (χ0v) is 11.9. The van der Waals surface area contributed by atoms with Gasteiger partial charge in [0.05, 0.1) is 12.2 Å². The van der Waals surface area contributed by atoms with Crippen molar-refractivity contribution in [2.24, 2.45) is 0 Å². The van der Waals surface area contributed by atoms with E-state index in [2.05, 4.69) is 66.4 Å². The van der Waals surface area contributed by atoms with Crippen molar-refractivity contribution in [3.8, 4) is 0 Å². The van der Waals surface area contributed by atoms with E-state index in [1.807, 2.05) is 12.3 Å².